The Morgan fingerprint density at radius 2 is 1.75 bits per heavy atom. The number of nitrogens with zero attached hydrogens (tertiary/aromatic N) is 1. The Morgan fingerprint density at radius 1 is 1.04 bits per heavy atom. The van der Waals surface area contributed by atoms with Gasteiger partial charge in [-0.25, -0.2) is 19.4 Å². The third kappa shape index (κ3) is 8.37. The molecule has 6 rings (SSSR count). The normalized spacial score (nSPS) is 33.2. The summed E-state index contributed by atoms with van der Waals surface area (Å²) in [5.74, 6) is 0.921. The van der Waals surface area contributed by atoms with Crippen LogP contribution in [0.4, 0.5) is 10.5 Å². The number of hydrogen-bond donors (Lipinski definition) is 1. The molecule has 1 saturated carbocycles. The van der Waals surface area contributed by atoms with Gasteiger partial charge in [0.25, 0.3) is 0 Å². The molecule has 5 fully saturated rings. The number of halogens is 2. The van der Waals surface area contributed by atoms with E-state index in [4.69, 9.17) is 51.9 Å². The number of alkyl halides is 2. The van der Waals surface area contributed by atoms with E-state index in [1.165, 1.54) is 0 Å². The highest BCUT2D eigenvalue weighted by atomic mass is 35.5. The minimum absolute atomic E-state index is 0.0729. The Balaban J connectivity index is 1.20. The number of esters is 1. The number of hydrogen-bond acceptors (Lipinski definition) is 9. The first-order chi connectivity index (χ1) is 22.8. The van der Waals surface area contributed by atoms with Gasteiger partial charge < -0.3 is 29.2 Å². The molecule has 0 aromatic heterocycles. The Morgan fingerprint density at radius 3 is 2.42 bits per heavy atom. The lowest BCUT2D eigenvalue weighted by atomic mass is 9.57. The van der Waals surface area contributed by atoms with Gasteiger partial charge in [0, 0.05) is 49.3 Å². The Kier molecular flexibility index (Phi) is 12.2. The largest absolute Gasteiger partial charge is 0.464 e. The van der Waals surface area contributed by atoms with Gasteiger partial charge >= 0.3 is 12.1 Å². The van der Waals surface area contributed by atoms with Crippen molar-refractivity contribution in [3.8, 4) is 0 Å². The van der Waals surface area contributed by atoms with Crippen molar-refractivity contribution >= 4 is 41.0 Å². The van der Waals surface area contributed by atoms with E-state index in [1.807, 2.05) is 31.2 Å². The van der Waals surface area contributed by atoms with Gasteiger partial charge in [0.15, 0.2) is 11.9 Å². The molecule has 1 spiro atoms. The summed E-state index contributed by atoms with van der Waals surface area (Å²) in [7, 11) is 0. The van der Waals surface area contributed by atoms with E-state index in [-0.39, 0.29) is 31.0 Å². The third-order valence-corrected chi connectivity index (χ3v) is 10.9. The van der Waals surface area contributed by atoms with E-state index < -0.39 is 41.4 Å². The molecular weight excluding hydrogens is 659 g/mol. The van der Waals surface area contributed by atoms with Crippen molar-refractivity contribution in [1.82, 2.24) is 5.32 Å². The Hall–Kier alpha value is -1.82. The van der Waals surface area contributed by atoms with Crippen LogP contribution in [-0.2, 0) is 39.9 Å². The fraction of sp³-hybridized carbons (Fsp3) is 0.778. The van der Waals surface area contributed by atoms with Gasteiger partial charge in [-0.05, 0) is 95.2 Å². The zero-order valence-corrected chi connectivity index (χ0v) is 30.8. The highest BCUT2D eigenvalue weighted by molar-refractivity contribution is 6.18. The molecule has 9 unspecified atom stereocenters. The molecule has 1 amide bonds. The summed E-state index contributed by atoms with van der Waals surface area (Å²) in [5.41, 5.74) is 0.541. The Bertz CT molecular complexity index is 1240. The highest BCUT2D eigenvalue weighted by Gasteiger charge is 2.69. The summed E-state index contributed by atoms with van der Waals surface area (Å²) in [6.45, 7) is 13.3. The van der Waals surface area contributed by atoms with E-state index in [0.717, 1.165) is 36.9 Å². The molecule has 5 aliphatic rings. The van der Waals surface area contributed by atoms with Crippen LogP contribution < -0.4 is 10.2 Å². The minimum atomic E-state index is -0.925. The Labute approximate surface area is 295 Å². The van der Waals surface area contributed by atoms with Crippen molar-refractivity contribution in [2.45, 2.75) is 122 Å². The van der Waals surface area contributed by atoms with Crippen LogP contribution >= 0.6 is 23.2 Å². The van der Waals surface area contributed by atoms with Crippen LogP contribution in [-0.4, -0.2) is 78.9 Å². The van der Waals surface area contributed by atoms with Gasteiger partial charge in [-0.1, -0.05) is 26.0 Å². The molecule has 1 aromatic carbocycles. The number of nitrogens with one attached hydrogen (secondary N) is 1. The minimum Gasteiger partial charge on any atom is -0.464 e. The van der Waals surface area contributed by atoms with Crippen LogP contribution in [0.15, 0.2) is 24.3 Å². The molecule has 2 bridgehead atoms. The topological polar surface area (TPSA) is 105 Å². The molecule has 4 aliphatic heterocycles. The van der Waals surface area contributed by atoms with Crippen molar-refractivity contribution in [2.24, 2.45) is 23.7 Å². The second kappa shape index (κ2) is 15.6. The SMILES string of the molecule is CC1CCC2C(C)C(CCCOC(=O)C(Cc3ccc(N(CCCl)CCCl)cc3)NC(=O)OC(C)(C)C)OC3OC4(C)CCC1C32OO4. The molecule has 12 heteroatoms. The van der Waals surface area contributed by atoms with Gasteiger partial charge in [-0.15, -0.1) is 23.2 Å². The first-order valence-electron chi connectivity index (χ1n) is 17.6. The predicted octanol–water partition coefficient (Wildman–Crippen LogP) is 6.98. The van der Waals surface area contributed by atoms with Gasteiger partial charge in [0.2, 0.25) is 5.79 Å². The molecule has 270 valence electrons. The fourth-order valence-corrected chi connectivity index (χ4v) is 8.57. The van der Waals surface area contributed by atoms with Crippen molar-refractivity contribution in [3.63, 3.8) is 0 Å². The summed E-state index contributed by atoms with van der Waals surface area (Å²) < 4.78 is 24.4. The zero-order valence-electron chi connectivity index (χ0n) is 29.3. The second-order valence-corrected chi connectivity index (χ2v) is 15.9. The maximum atomic E-state index is 13.4. The summed E-state index contributed by atoms with van der Waals surface area (Å²) in [4.78, 5) is 40.4. The molecular formula is C36H54Cl2N2O8. The molecule has 48 heavy (non-hydrogen) atoms. The number of ether oxygens (including phenoxy) is 4. The number of fused-ring (bicyclic) bond motifs is 2. The molecule has 0 radical (unpaired) electrons. The van der Waals surface area contributed by atoms with Crippen LogP contribution in [0.25, 0.3) is 0 Å². The van der Waals surface area contributed by atoms with E-state index in [2.05, 4.69) is 24.1 Å². The fourth-order valence-electron chi connectivity index (χ4n) is 8.16. The molecule has 1 aliphatic carbocycles. The summed E-state index contributed by atoms with van der Waals surface area (Å²) in [5, 5.41) is 2.73. The number of alkyl carbamates (subject to hydrolysis) is 1. The van der Waals surface area contributed by atoms with Crippen LogP contribution in [0.1, 0.15) is 85.6 Å². The lowest BCUT2D eigenvalue weighted by Gasteiger charge is -2.60. The third-order valence-electron chi connectivity index (χ3n) is 10.6. The highest BCUT2D eigenvalue weighted by Crippen LogP contribution is 2.60. The molecule has 1 N–H and O–H groups in total. The molecule has 10 nitrogen and oxygen atoms in total. The predicted molar refractivity (Wildman–Crippen MR) is 184 cm³/mol. The maximum Gasteiger partial charge on any atom is 0.408 e. The van der Waals surface area contributed by atoms with Crippen molar-refractivity contribution in [3.05, 3.63) is 29.8 Å². The number of anilines is 1. The maximum absolute atomic E-state index is 13.4. The number of carbonyl (C=O) groups excluding carboxylic acids is 2. The molecule has 9 atom stereocenters. The van der Waals surface area contributed by atoms with E-state index in [9.17, 15) is 9.59 Å². The standard InChI is InChI=1S/C36H54Cl2N2O8/c1-23-9-14-28-24(2)30(44-32-36(28)27(23)15-16-35(6,45-32)47-48-36)8-7-21-43-31(41)29(39-33(42)46-34(3,4)5)22-25-10-12-26(13-11-25)40(19-17-37)20-18-38/h10-13,23-24,27-30,32H,7-9,14-22H2,1-6H3,(H,39,42). The summed E-state index contributed by atoms with van der Waals surface area (Å²) in [6.07, 6.45) is 4.25. The first-order valence-corrected chi connectivity index (χ1v) is 18.7. The van der Waals surface area contributed by atoms with Crippen LogP contribution in [0.2, 0.25) is 0 Å². The van der Waals surface area contributed by atoms with Gasteiger partial charge in [-0.3, -0.25) is 0 Å². The number of benzene rings is 1. The lowest BCUT2D eigenvalue weighted by molar-refractivity contribution is -0.571. The summed E-state index contributed by atoms with van der Waals surface area (Å²) in [6, 6.07) is 6.88. The zero-order chi connectivity index (χ0) is 34.7. The summed E-state index contributed by atoms with van der Waals surface area (Å²) >= 11 is 12.0. The quantitative estimate of drug-likeness (QED) is 0.100. The van der Waals surface area contributed by atoms with Gasteiger partial charge in [-0.2, -0.15) is 0 Å². The number of rotatable bonds is 13. The molecule has 4 saturated heterocycles. The monoisotopic (exact) mass is 712 g/mol. The van der Waals surface area contributed by atoms with Gasteiger partial charge in [0.1, 0.15) is 11.6 Å². The number of carbonyl (C=O) groups is 2. The van der Waals surface area contributed by atoms with E-state index >= 15 is 0 Å². The molecule has 1 aromatic rings. The van der Waals surface area contributed by atoms with Crippen LogP contribution in [0.5, 0.6) is 0 Å². The van der Waals surface area contributed by atoms with E-state index in [1.54, 1.807) is 20.8 Å². The van der Waals surface area contributed by atoms with Crippen molar-refractivity contribution < 1.29 is 38.3 Å². The number of amides is 1. The van der Waals surface area contributed by atoms with Crippen LogP contribution in [0.3, 0.4) is 0 Å². The van der Waals surface area contributed by atoms with Crippen molar-refractivity contribution in [2.75, 3.05) is 36.4 Å². The van der Waals surface area contributed by atoms with E-state index in [0.29, 0.717) is 49.5 Å². The molecule has 4 heterocycles. The lowest BCUT2D eigenvalue weighted by Crippen LogP contribution is -2.70. The average Bonchev–Trinajstić information content (AvgIpc) is 3.26. The van der Waals surface area contributed by atoms with Crippen molar-refractivity contribution in [1.29, 1.82) is 0 Å². The second-order valence-electron chi connectivity index (χ2n) is 15.2. The first kappa shape index (κ1) is 37.4. The van der Waals surface area contributed by atoms with Gasteiger partial charge in [0.05, 0.1) is 12.7 Å². The van der Waals surface area contributed by atoms with Crippen LogP contribution in [0, 0.1) is 23.7 Å². The average molecular weight is 714 g/mol. The smallest absolute Gasteiger partial charge is 0.408 e.